The number of benzene rings is 1. The summed E-state index contributed by atoms with van der Waals surface area (Å²) in [6.07, 6.45) is 1.19. The molecule has 0 aliphatic carbocycles. The van der Waals surface area contributed by atoms with Crippen LogP contribution in [0.1, 0.15) is 34.5 Å². The number of fused-ring (bicyclic) bond motifs is 1. The number of thioether (sulfide) groups is 1. The molecule has 0 radical (unpaired) electrons. The van der Waals surface area contributed by atoms with Crippen LogP contribution in [0.2, 0.25) is 0 Å². The largest absolute Gasteiger partial charge is 0.369 e. The summed E-state index contributed by atoms with van der Waals surface area (Å²) in [5.74, 6) is 0.256. The molecule has 4 rings (SSSR count). The summed E-state index contributed by atoms with van der Waals surface area (Å²) < 4.78 is 0. The van der Waals surface area contributed by atoms with Crippen molar-refractivity contribution in [2.45, 2.75) is 31.7 Å². The zero-order valence-electron chi connectivity index (χ0n) is 18.3. The highest BCUT2D eigenvalue weighted by Crippen LogP contribution is 2.36. The molecule has 4 amide bonds. The Labute approximate surface area is 191 Å². The standard InChI is InChI=1S/C23H27N5O3S/c1-14-13-15(2)25-21-19(14)28(11-12-32-21)23(31)26-18-5-3-17(4-6-18)22(30)27-9-7-16(8-10-27)20(24)29/h3-6,13,16H,7-12H2,1-2H3,(H2,24,29)(H,26,31). The maximum atomic E-state index is 13.0. The van der Waals surface area contributed by atoms with Crippen molar-refractivity contribution in [2.75, 3.05) is 35.6 Å². The van der Waals surface area contributed by atoms with Crippen LogP contribution in [0.4, 0.5) is 16.2 Å². The van der Waals surface area contributed by atoms with Gasteiger partial charge in [-0.25, -0.2) is 9.78 Å². The van der Waals surface area contributed by atoms with Gasteiger partial charge >= 0.3 is 6.03 Å². The first-order chi connectivity index (χ1) is 15.3. The second-order valence-electron chi connectivity index (χ2n) is 8.21. The SMILES string of the molecule is Cc1cc(C)c2c(n1)SCCN2C(=O)Nc1ccc(C(=O)N2CCC(C(N)=O)CC2)cc1. The van der Waals surface area contributed by atoms with Gasteiger partial charge in [-0.05, 0) is 62.6 Å². The molecule has 0 unspecified atom stereocenters. The molecule has 3 N–H and O–H groups in total. The van der Waals surface area contributed by atoms with Crippen LogP contribution < -0.4 is 16.0 Å². The third-order valence-corrected chi connectivity index (χ3v) is 6.86. The number of aromatic nitrogens is 1. The molecule has 8 nitrogen and oxygen atoms in total. The van der Waals surface area contributed by atoms with Crippen molar-refractivity contribution < 1.29 is 14.4 Å². The van der Waals surface area contributed by atoms with Crippen LogP contribution in [0.15, 0.2) is 35.4 Å². The topological polar surface area (TPSA) is 109 Å². The van der Waals surface area contributed by atoms with Gasteiger partial charge in [0.1, 0.15) is 5.03 Å². The molecule has 0 atom stereocenters. The number of nitrogens with two attached hydrogens (primary N) is 1. The molecule has 0 saturated carbocycles. The average Bonchev–Trinajstić information content (AvgIpc) is 2.78. The first kappa shape index (κ1) is 22.1. The Morgan fingerprint density at radius 3 is 2.44 bits per heavy atom. The predicted octanol–water partition coefficient (Wildman–Crippen LogP) is 3.18. The number of hydrogen-bond donors (Lipinski definition) is 2. The maximum absolute atomic E-state index is 13.0. The zero-order valence-corrected chi connectivity index (χ0v) is 19.1. The van der Waals surface area contributed by atoms with Gasteiger partial charge in [-0.2, -0.15) is 0 Å². The van der Waals surface area contributed by atoms with E-state index >= 15 is 0 Å². The molecule has 1 fully saturated rings. The van der Waals surface area contributed by atoms with Crippen molar-refractivity contribution in [3.8, 4) is 0 Å². The Bertz CT molecular complexity index is 1050. The molecular weight excluding hydrogens is 426 g/mol. The first-order valence-electron chi connectivity index (χ1n) is 10.7. The van der Waals surface area contributed by atoms with Crippen LogP contribution in [0.3, 0.4) is 0 Å². The van der Waals surface area contributed by atoms with Crippen molar-refractivity contribution in [1.29, 1.82) is 0 Å². The molecule has 1 aromatic carbocycles. The highest BCUT2D eigenvalue weighted by Gasteiger charge is 2.28. The minimum absolute atomic E-state index is 0.0788. The van der Waals surface area contributed by atoms with Gasteiger partial charge in [0.25, 0.3) is 5.91 Å². The molecule has 2 aliphatic heterocycles. The second kappa shape index (κ2) is 9.20. The predicted molar refractivity (Wildman–Crippen MR) is 125 cm³/mol. The fourth-order valence-corrected chi connectivity index (χ4v) is 5.29. The molecule has 2 aliphatic rings. The van der Waals surface area contributed by atoms with Crippen molar-refractivity contribution in [2.24, 2.45) is 11.7 Å². The van der Waals surface area contributed by atoms with Crippen molar-refractivity contribution in [1.82, 2.24) is 9.88 Å². The summed E-state index contributed by atoms with van der Waals surface area (Å²) >= 11 is 1.66. The second-order valence-corrected chi connectivity index (χ2v) is 9.29. The summed E-state index contributed by atoms with van der Waals surface area (Å²) in [5.41, 5.74) is 9.36. The number of nitrogens with zero attached hydrogens (tertiary/aromatic N) is 3. The Balaban J connectivity index is 1.41. The highest BCUT2D eigenvalue weighted by molar-refractivity contribution is 7.99. The van der Waals surface area contributed by atoms with Crippen molar-refractivity contribution in [3.05, 3.63) is 47.2 Å². The van der Waals surface area contributed by atoms with Crippen LogP contribution in [0, 0.1) is 19.8 Å². The third kappa shape index (κ3) is 4.57. The van der Waals surface area contributed by atoms with Gasteiger partial charge in [-0.3, -0.25) is 14.5 Å². The van der Waals surface area contributed by atoms with Crippen LogP contribution in [0.25, 0.3) is 0 Å². The number of primary amides is 1. The number of urea groups is 1. The van der Waals surface area contributed by atoms with E-state index in [4.69, 9.17) is 5.73 Å². The smallest absolute Gasteiger partial charge is 0.326 e. The van der Waals surface area contributed by atoms with Gasteiger partial charge in [0.2, 0.25) is 5.91 Å². The van der Waals surface area contributed by atoms with E-state index in [0.717, 1.165) is 27.7 Å². The summed E-state index contributed by atoms with van der Waals surface area (Å²) in [6, 6.07) is 8.68. The van der Waals surface area contributed by atoms with E-state index in [-0.39, 0.29) is 23.8 Å². The number of nitrogens with one attached hydrogen (secondary N) is 1. The highest BCUT2D eigenvalue weighted by atomic mass is 32.2. The molecule has 32 heavy (non-hydrogen) atoms. The normalized spacial score (nSPS) is 16.4. The Kier molecular flexibility index (Phi) is 6.36. The number of likely N-dealkylation sites (tertiary alicyclic amines) is 1. The lowest BCUT2D eigenvalue weighted by Gasteiger charge is -2.31. The lowest BCUT2D eigenvalue weighted by atomic mass is 9.96. The number of aryl methyl sites for hydroxylation is 2. The van der Waals surface area contributed by atoms with Gasteiger partial charge in [0.15, 0.2) is 0 Å². The lowest BCUT2D eigenvalue weighted by Crippen LogP contribution is -2.41. The Hall–Kier alpha value is -3.07. The third-order valence-electron chi connectivity index (χ3n) is 5.92. The van der Waals surface area contributed by atoms with Crippen molar-refractivity contribution >= 4 is 41.0 Å². The van der Waals surface area contributed by atoms with Crippen LogP contribution in [0.5, 0.6) is 0 Å². The summed E-state index contributed by atoms with van der Waals surface area (Å²) in [6.45, 7) is 5.59. The van der Waals surface area contributed by atoms with Gasteiger partial charge in [-0.1, -0.05) is 0 Å². The zero-order chi connectivity index (χ0) is 22.8. The van der Waals surface area contributed by atoms with E-state index in [1.807, 2.05) is 19.9 Å². The van der Waals surface area contributed by atoms with Gasteiger partial charge in [0.05, 0.1) is 5.69 Å². The molecule has 2 aromatic rings. The number of hydrogen-bond acceptors (Lipinski definition) is 5. The number of piperidine rings is 1. The molecule has 9 heteroatoms. The van der Waals surface area contributed by atoms with E-state index in [1.54, 1.807) is 45.8 Å². The molecule has 0 bridgehead atoms. The molecule has 1 aromatic heterocycles. The van der Waals surface area contributed by atoms with E-state index in [2.05, 4.69) is 10.3 Å². The summed E-state index contributed by atoms with van der Waals surface area (Å²) in [5, 5.41) is 3.81. The van der Waals surface area contributed by atoms with Gasteiger partial charge in [-0.15, -0.1) is 11.8 Å². The van der Waals surface area contributed by atoms with Gasteiger partial charge < -0.3 is 16.0 Å². The minimum atomic E-state index is -0.298. The number of carbonyl (C=O) groups is 3. The van der Waals surface area contributed by atoms with Crippen molar-refractivity contribution in [3.63, 3.8) is 0 Å². The fraction of sp³-hybridized carbons (Fsp3) is 0.391. The fourth-order valence-electron chi connectivity index (χ4n) is 4.21. The average molecular weight is 454 g/mol. The summed E-state index contributed by atoms with van der Waals surface area (Å²) in [7, 11) is 0. The lowest BCUT2D eigenvalue weighted by molar-refractivity contribution is -0.123. The number of rotatable bonds is 3. The quantitative estimate of drug-likeness (QED) is 0.742. The number of carbonyl (C=O) groups excluding carboxylic acids is 3. The number of anilines is 2. The number of amides is 4. The van der Waals surface area contributed by atoms with E-state index in [1.165, 1.54) is 0 Å². The van der Waals surface area contributed by atoms with Crippen LogP contribution in [-0.2, 0) is 4.79 Å². The van der Waals surface area contributed by atoms with Crippen LogP contribution >= 0.6 is 11.8 Å². The Morgan fingerprint density at radius 2 is 1.78 bits per heavy atom. The minimum Gasteiger partial charge on any atom is -0.369 e. The molecule has 1 saturated heterocycles. The van der Waals surface area contributed by atoms with Crippen LogP contribution in [-0.4, -0.2) is 53.1 Å². The Morgan fingerprint density at radius 1 is 1.09 bits per heavy atom. The molecule has 0 spiro atoms. The number of pyridine rings is 1. The van der Waals surface area contributed by atoms with E-state index in [9.17, 15) is 14.4 Å². The molecule has 168 valence electrons. The van der Waals surface area contributed by atoms with E-state index < -0.39 is 0 Å². The monoisotopic (exact) mass is 453 g/mol. The first-order valence-corrected chi connectivity index (χ1v) is 11.7. The van der Waals surface area contributed by atoms with Gasteiger partial charge in [0, 0.05) is 48.2 Å². The maximum Gasteiger partial charge on any atom is 0.326 e. The van der Waals surface area contributed by atoms with E-state index in [0.29, 0.717) is 43.7 Å². The molecule has 3 heterocycles. The summed E-state index contributed by atoms with van der Waals surface area (Å²) in [4.78, 5) is 45.1. The molecular formula is C23H27N5O3S.